The molecule has 178 valence electrons. The molecule has 34 heavy (non-hydrogen) atoms. The van der Waals surface area contributed by atoms with Crippen molar-refractivity contribution in [1.82, 2.24) is 19.9 Å². The normalized spacial score (nSPS) is 15.7. The quantitative estimate of drug-likeness (QED) is 0.519. The maximum Gasteiger partial charge on any atom is 0.306 e. The number of nitrogens with zero attached hydrogens (tertiary/aromatic N) is 4. The molecule has 2 aromatic carbocycles. The summed E-state index contributed by atoms with van der Waals surface area (Å²) in [5.74, 6) is -1.41. The van der Waals surface area contributed by atoms with Crippen molar-refractivity contribution in [1.29, 1.82) is 0 Å². The lowest BCUT2D eigenvalue weighted by Gasteiger charge is -2.32. The van der Waals surface area contributed by atoms with Crippen LogP contribution in [0.1, 0.15) is 24.4 Å². The molecule has 1 saturated heterocycles. The Morgan fingerprint density at radius 1 is 1.06 bits per heavy atom. The summed E-state index contributed by atoms with van der Waals surface area (Å²) in [4.78, 5) is 26.4. The van der Waals surface area contributed by atoms with Crippen LogP contribution < -0.4 is 5.14 Å². The van der Waals surface area contributed by atoms with Crippen molar-refractivity contribution in [2.45, 2.75) is 30.2 Å². The van der Waals surface area contributed by atoms with Crippen LogP contribution in [0.15, 0.2) is 65.7 Å². The maximum absolute atomic E-state index is 13.5. The second-order valence-electron chi connectivity index (χ2n) is 8.30. The SMILES string of the molecule is NS(=O)(=O)c1ccc(-c2cn(C(Cc3ccccc3)C(=O)N3CCC(C(=O)O)CC3)nn2)cc1. The van der Waals surface area contributed by atoms with Gasteiger partial charge in [0.05, 0.1) is 17.0 Å². The highest BCUT2D eigenvalue weighted by molar-refractivity contribution is 7.89. The Bertz CT molecular complexity index is 1270. The number of aromatic nitrogens is 3. The van der Waals surface area contributed by atoms with E-state index in [1.807, 2.05) is 30.3 Å². The van der Waals surface area contributed by atoms with Gasteiger partial charge < -0.3 is 10.0 Å². The zero-order valence-electron chi connectivity index (χ0n) is 18.3. The van der Waals surface area contributed by atoms with E-state index < -0.39 is 28.0 Å². The van der Waals surface area contributed by atoms with Gasteiger partial charge >= 0.3 is 5.97 Å². The van der Waals surface area contributed by atoms with Gasteiger partial charge in [-0.3, -0.25) is 9.59 Å². The first-order valence-electron chi connectivity index (χ1n) is 10.8. The highest BCUT2D eigenvalue weighted by Gasteiger charge is 2.32. The largest absolute Gasteiger partial charge is 0.481 e. The van der Waals surface area contributed by atoms with Gasteiger partial charge in [-0.15, -0.1) is 5.10 Å². The predicted molar refractivity (Wildman–Crippen MR) is 123 cm³/mol. The highest BCUT2D eigenvalue weighted by Crippen LogP contribution is 2.25. The van der Waals surface area contributed by atoms with Gasteiger partial charge in [0.1, 0.15) is 11.7 Å². The zero-order valence-corrected chi connectivity index (χ0v) is 19.1. The molecule has 3 aromatic rings. The summed E-state index contributed by atoms with van der Waals surface area (Å²) in [5.41, 5.74) is 2.07. The third-order valence-corrected chi connectivity index (χ3v) is 6.95. The first kappa shape index (κ1) is 23.6. The van der Waals surface area contributed by atoms with Gasteiger partial charge in [-0.25, -0.2) is 18.2 Å². The van der Waals surface area contributed by atoms with Crippen LogP contribution in [0.25, 0.3) is 11.3 Å². The van der Waals surface area contributed by atoms with Crippen molar-refractivity contribution in [3.63, 3.8) is 0 Å². The fourth-order valence-electron chi connectivity index (χ4n) is 4.07. The van der Waals surface area contributed by atoms with Gasteiger partial charge in [0, 0.05) is 25.1 Å². The van der Waals surface area contributed by atoms with Crippen molar-refractivity contribution in [2.75, 3.05) is 13.1 Å². The molecule has 1 atom stereocenters. The van der Waals surface area contributed by atoms with E-state index in [2.05, 4.69) is 10.3 Å². The fourth-order valence-corrected chi connectivity index (χ4v) is 4.58. The zero-order chi connectivity index (χ0) is 24.3. The van der Waals surface area contributed by atoms with Crippen LogP contribution in [0.4, 0.5) is 0 Å². The molecule has 10 nitrogen and oxygen atoms in total. The number of amides is 1. The number of carboxylic acid groups (broad SMARTS) is 1. The van der Waals surface area contributed by atoms with Gasteiger partial charge in [-0.2, -0.15) is 0 Å². The van der Waals surface area contributed by atoms with Crippen molar-refractivity contribution in [3.05, 3.63) is 66.4 Å². The fraction of sp³-hybridized carbons (Fsp3) is 0.304. The summed E-state index contributed by atoms with van der Waals surface area (Å²) in [6.07, 6.45) is 2.88. The average Bonchev–Trinajstić information content (AvgIpc) is 3.32. The third-order valence-electron chi connectivity index (χ3n) is 6.02. The second kappa shape index (κ2) is 9.74. The summed E-state index contributed by atoms with van der Waals surface area (Å²) in [5, 5.41) is 22.8. The molecule has 1 amide bonds. The molecule has 0 bridgehead atoms. The Labute approximate surface area is 197 Å². The second-order valence-corrected chi connectivity index (χ2v) is 9.86. The van der Waals surface area contributed by atoms with Crippen LogP contribution in [0, 0.1) is 5.92 Å². The van der Waals surface area contributed by atoms with E-state index in [1.54, 1.807) is 23.2 Å². The number of hydrogen-bond donors (Lipinski definition) is 2. The number of carboxylic acids is 1. The van der Waals surface area contributed by atoms with Crippen LogP contribution in [-0.2, 0) is 26.0 Å². The first-order chi connectivity index (χ1) is 16.2. The number of likely N-dealkylation sites (tertiary alicyclic amines) is 1. The molecule has 1 unspecified atom stereocenters. The monoisotopic (exact) mass is 483 g/mol. The number of carbonyl (C=O) groups is 2. The van der Waals surface area contributed by atoms with Crippen molar-refractivity contribution >= 4 is 21.9 Å². The Balaban J connectivity index is 1.59. The molecule has 1 aliphatic rings. The van der Waals surface area contributed by atoms with Crippen LogP contribution >= 0.6 is 0 Å². The van der Waals surface area contributed by atoms with E-state index >= 15 is 0 Å². The number of piperidine rings is 1. The minimum absolute atomic E-state index is 0.00876. The molecule has 3 N–H and O–H groups in total. The van der Waals surface area contributed by atoms with E-state index in [9.17, 15) is 23.1 Å². The lowest BCUT2D eigenvalue weighted by molar-refractivity contribution is -0.146. The molecule has 0 saturated carbocycles. The van der Waals surface area contributed by atoms with Crippen LogP contribution in [0.3, 0.4) is 0 Å². The molecule has 1 aromatic heterocycles. The molecule has 0 radical (unpaired) electrons. The summed E-state index contributed by atoms with van der Waals surface area (Å²) in [6, 6.07) is 14.8. The summed E-state index contributed by atoms with van der Waals surface area (Å²) < 4.78 is 24.5. The van der Waals surface area contributed by atoms with Gasteiger partial charge in [0.25, 0.3) is 0 Å². The number of nitrogens with two attached hydrogens (primary N) is 1. The number of primary sulfonamides is 1. The van der Waals surface area contributed by atoms with Gasteiger partial charge in [0.15, 0.2) is 0 Å². The number of aliphatic carboxylic acids is 1. The molecule has 2 heterocycles. The van der Waals surface area contributed by atoms with Crippen LogP contribution in [0.2, 0.25) is 0 Å². The van der Waals surface area contributed by atoms with E-state index in [4.69, 9.17) is 5.14 Å². The number of hydrogen-bond acceptors (Lipinski definition) is 6. The van der Waals surface area contributed by atoms with Crippen LogP contribution in [0.5, 0.6) is 0 Å². The van der Waals surface area contributed by atoms with Gasteiger partial charge in [-0.1, -0.05) is 47.7 Å². The molecule has 1 aliphatic heterocycles. The third kappa shape index (κ3) is 5.32. The molecular formula is C23H25N5O5S. The lowest BCUT2D eigenvalue weighted by atomic mass is 9.96. The van der Waals surface area contributed by atoms with Gasteiger partial charge in [-0.05, 0) is 30.5 Å². The number of carbonyl (C=O) groups excluding carboxylic acids is 1. The maximum atomic E-state index is 13.5. The average molecular weight is 484 g/mol. The Morgan fingerprint density at radius 3 is 2.29 bits per heavy atom. The van der Waals surface area contributed by atoms with E-state index in [0.717, 1.165) is 5.56 Å². The first-order valence-corrected chi connectivity index (χ1v) is 12.4. The van der Waals surface area contributed by atoms with E-state index in [1.165, 1.54) is 16.8 Å². The summed E-state index contributed by atoms with van der Waals surface area (Å²) in [7, 11) is -3.81. The Morgan fingerprint density at radius 2 is 1.71 bits per heavy atom. The number of benzene rings is 2. The van der Waals surface area contributed by atoms with Crippen molar-refractivity contribution in [2.24, 2.45) is 11.1 Å². The molecular weight excluding hydrogens is 458 g/mol. The lowest BCUT2D eigenvalue weighted by Crippen LogP contribution is -2.44. The summed E-state index contributed by atoms with van der Waals surface area (Å²) in [6.45, 7) is 0.745. The standard InChI is InChI=1S/C23H25N5O5S/c24-34(32,33)19-8-6-17(7-9-19)20-15-28(26-25-20)21(14-16-4-2-1-3-5-16)22(29)27-12-10-18(11-13-27)23(30)31/h1-9,15,18,21H,10-14H2,(H,30,31)(H2,24,32,33). The Kier molecular flexibility index (Phi) is 6.75. The van der Waals surface area contributed by atoms with Crippen molar-refractivity contribution < 1.29 is 23.1 Å². The smallest absolute Gasteiger partial charge is 0.306 e. The molecule has 0 aliphatic carbocycles. The number of rotatable bonds is 7. The predicted octanol–water partition coefficient (Wildman–Crippen LogP) is 1.70. The van der Waals surface area contributed by atoms with E-state index in [-0.39, 0.29) is 10.8 Å². The minimum Gasteiger partial charge on any atom is -0.481 e. The van der Waals surface area contributed by atoms with Crippen molar-refractivity contribution in [3.8, 4) is 11.3 Å². The van der Waals surface area contributed by atoms with Gasteiger partial charge in [0.2, 0.25) is 15.9 Å². The molecule has 0 spiro atoms. The van der Waals surface area contributed by atoms with E-state index in [0.29, 0.717) is 43.6 Å². The summed E-state index contributed by atoms with van der Waals surface area (Å²) >= 11 is 0. The molecule has 1 fully saturated rings. The highest BCUT2D eigenvalue weighted by atomic mass is 32.2. The van der Waals surface area contributed by atoms with Crippen LogP contribution in [-0.4, -0.2) is 58.4 Å². The minimum atomic E-state index is -3.81. The topological polar surface area (TPSA) is 148 Å². The Hall–Kier alpha value is -3.57. The number of sulfonamides is 1. The molecule has 11 heteroatoms. The molecule has 4 rings (SSSR count).